The van der Waals surface area contributed by atoms with Gasteiger partial charge in [-0.15, -0.1) is 0 Å². The third kappa shape index (κ3) is 5.42. The molecule has 1 aliphatic carbocycles. The maximum absolute atomic E-state index is 12.4. The van der Waals surface area contributed by atoms with Gasteiger partial charge in [0, 0.05) is 17.5 Å². The molecule has 1 saturated heterocycles. The Hall–Kier alpha value is -2.26. The average Bonchev–Trinajstić information content (AvgIpc) is 3.01. The van der Waals surface area contributed by atoms with Crippen LogP contribution in [0, 0.1) is 5.41 Å². The van der Waals surface area contributed by atoms with Crippen LogP contribution < -0.4 is 10.6 Å². The number of hydrogen-bond acceptors (Lipinski definition) is 5. The van der Waals surface area contributed by atoms with Gasteiger partial charge in [-0.05, 0) is 30.8 Å². The maximum atomic E-state index is 12.4. The minimum Gasteiger partial charge on any atom is -0.390 e. The van der Waals surface area contributed by atoms with Crippen LogP contribution in [0.1, 0.15) is 23.7 Å². The highest BCUT2D eigenvalue weighted by Crippen LogP contribution is 2.33. The second-order valence-electron chi connectivity index (χ2n) is 7.69. The number of carbonyl (C=O) groups is 1. The lowest BCUT2D eigenvalue weighted by atomic mass is 9.84. The van der Waals surface area contributed by atoms with Gasteiger partial charge in [-0.1, -0.05) is 49.4 Å². The van der Waals surface area contributed by atoms with Crippen molar-refractivity contribution >= 4 is 23.2 Å². The van der Waals surface area contributed by atoms with Crippen LogP contribution in [0.2, 0.25) is 0 Å². The molecule has 29 heavy (non-hydrogen) atoms. The standard InChI is InChI=1S/C21H27N3O4S/c1-21(13-24(27)19(26)15-8-4-2-5-9-15)14-28-17(18(21)25)12-22-20(29)23-16-10-6-3-7-11-16/h2-10,16-18,25,27H,11-14H2,1H3,(H2,22,23,29)/t16?,17-,18-,21-/m1/s1. The van der Waals surface area contributed by atoms with Crippen molar-refractivity contribution in [1.29, 1.82) is 0 Å². The third-order valence-electron chi connectivity index (χ3n) is 5.22. The second-order valence-corrected chi connectivity index (χ2v) is 8.10. The van der Waals surface area contributed by atoms with Crippen molar-refractivity contribution in [2.24, 2.45) is 5.41 Å². The lowest BCUT2D eigenvalue weighted by molar-refractivity contribution is -0.0940. The average molecular weight is 418 g/mol. The molecule has 4 atom stereocenters. The predicted octanol–water partition coefficient (Wildman–Crippen LogP) is 1.63. The summed E-state index contributed by atoms with van der Waals surface area (Å²) in [6, 6.07) is 8.67. The zero-order chi connectivity index (χ0) is 20.9. The van der Waals surface area contributed by atoms with Crippen molar-refractivity contribution in [3.05, 3.63) is 60.2 Å². The topological polar surface area (TPSA) is 94.1 Å². The van der Waals surface area contributed by atoms with Gasteiger partial charge in [-0.25, -0.2) is 5.06 Å². The molecule has 4 N–H and O–H groups in total. The van der Waals surface area contributed by atoms with E-state index in [1.807, 2.05) is 18.2 Å². The van der Waals surface area contributed by atoms with Gasteiger partial charge in [0.1, 0.15) is 6.10 Å². The normalized spacial score (nSPS) is 28.2. The number of allylic oxidation sites excluding steroid dienone is 2. The summed E-state index contributed by atoms with van der Waals surface area (Å²) in [6.45, 7) is 2.29. The van der Waals surface area contributed by atoms with E-state index in [-0.39, 0.29) is 19.2 Å². The Kier molecular flexibility index (Phi) is 7.02. The number of benzene rings is 1. The van der Waals surface area contributed by atoms with E-state index in [0.717, 1.165) is 6.42 Å². The second kappa shape index (κ2) is 9.49. The molecule has 3 rings (SSSR count). The fourth-order valence-electron chi connectivity index (χ4n) is 3.48. The Balaban J connectivity index is 1.49. The summed E-state index contributed by atoms with van der Waals surface area (Å²) in [5.41, 5.74) is -0.412. The summed E-state index contributed by atoms with van der Waals surface area (Å²) < 4.78 is 5.73. The highest BCUT2D eigenvalue weighted by Gasteiger charge is 2.47. The van der Waals surface area contributed by atoms with Crippen molar-refractivity contribution in [1.82, 2.24) is 15.7 Å². The van der Waals surface area contributed by atoms with Gasteiger partial charge in [0.25, 0.3) is 5.91 Å². The summed E-state index contributed by atoms with van der Waals surface area (Å²) >= 11 is 5.31. The van der Waals surface area contributed by atoms with Crippen molar-refractivity contribution in [2.45, 2.75) is 31.6 Å². The predicted molar refractivity (Wildman–Crippen MR) is 114 cm³/mol. The van der Waals surface area contributed by atoms with Crippen molar-refractivity contribution in [3.8, 4) is 0 Å². The number of hydrogen-bond donors (Lipinski definition) is 4. The number of thiocarbonyl (C=S) groups is 1. The van der Waals surface area contributed by atoms with Crippen LogP contribution in [-0.2, 0) is 4.74 Å². The molecule has 0 saturated carbocycles. The Morgan fingerprint density at radius 1 is 1.34 bits per heavy atom. The first-order valence-electron chi connectivity index (χ1n) is 9.62. The molecule has 1 heterocycles. The minimum atomic E-state index is -0.867. The number of aliphatic hydroxyl groups is 1. The molecular formula is C21H27N3O4S. The largest absolute Gasteiger partial charge is 0.390 e. The molecule has 7 nitrogen and oxygen atoms in total. The molecule has 1 unspecified atom stereocenters. The molecule has 0 radical (unpaired) electrons. The van der Waals surface area contributed by atoms with Crippen LogP contribution in [0.4, 0.5) is 0 Å². The van der Waals surface area contributed by atoms with Crippen molar-refractivity contribution < 1.29 is 19.8 Å². The van der Waals surface area contributed by atoms with Gasteiger partial charge in [0.15, 0.2) is 5.11 Å². The Morgan fingerprint density at radius 3 is 2.79 bits per heavy atom. The van der Waals surface area contributed by atoms with Crippen LogP contribution in [-0.4, -0.2) is 64.3 Å². The molecule has 0 aromatic heterocycles. The first-order chi connectivity index (χ1) is 13.9. The lowest BCUT2D eigenvalue weighted by Gasteiger charge is -2.31. The SMILES string of the molecule is C[C@@]1(CN(O)C(=O)c2ccccc2)CO[C@H](CNC(=S)NC2C=CC=CC2)[C@H]1O. The Labute approximate surface area is 176 Å². The van der Waals surface area contributed by atoms with Crippen LogP contribution in [0.15, 0.2) is 54.6 Å². The number of carbonyl (C=O) groups excluding carboxylic acids is 1. The van der Waals surface area contributed by atoms with E-state index >= 15 is 0 Å². The highest BCUT2D eigenvalue weighted by molar-refractivity contribution is 7.80. The zero-order valence-corrected chi connectivity index (χ0v) is 17.1. The quantitative estimate of drug-likeness (QED) is 0.318. The van der Waals surface area contributed by atoms with Gasteiger partial charge >= 0.3 is 0 Å². The van der Waals surface area contributed by atoms with E-state index in [1.165, 1.54) is 0 Å². The van der Waals surface area contributed by atoms with Crippen LogP contribution in [0.3, 0.4) is 0 Å². The van der Waals surface area contributed by atoms with E-state index in [9.17, 15) is 15.1 Å². The molecule has 0 spiro atoms. The molecule has 156 valence electrons. The van der Waals surface area contributed by atoms with E-state index in [4.69, 9.17) is 17.0 Å². The number of hydroxylamine groups is 2. The summed E-state index contributed by atoms with van der Waals surface area (Å²) in [7, 11) is 0. The maximum Gasteiger partial charge on any atom is 0.277 e. The van der Waals surface area contributed by atoms with Crippen LogP contribution in [0.5, 0.6) is 0 Å². The fourth-order valence-corrected chi connectivity index (χ4v) is 3.71. The number of amides is 1. The smallest absolute Gasteiger partial charge is 0.277 e. The third-order valence-corrected chi connectivity index (χ3v) is 5.48. The van der Waals surface area contributed by atoms with Gasteiger partial charge in [0.05, 0.1) is 25.3 Å². The molecule has 2 aliphatic rings. The van der Waals surface area contributed by atoms with Gasteiger partial charge < -0.3 is 20.5 Å². The van der Waals surface area contributed by atoms with E-state index in [1.54, 1.807) is 37.3 Å². The monoisotopic (exact) mass is 417 g/mol. The van der Waals surface area contributed by atoms with E-state index in [2.05, 4.69) is 16.7 Å². The molecule has 1 aromatic carbocycles. The molecule has 0 bridgehead atoms. The van der Waals surface area contributed by atoms with Gasteiger partial charge in [0.2, 0.25) is 0 Å². The lowest BCUT2D eigenvalue weighted by Crippen LogP contribution is -2.49. The zero-order valence-electron chi connectivity index (χ0n) is 16.3. The van der Waals surface area contributed by atoms with Crippen LogP contribution >= 0.6 is 12.2 Å². The molecule has 1 aliphatic heterocycles. The van der Waals surface area contributed by atoms with Gasteiger partial charge in [-0.3, -0.25) is 10.0 Å². The molecule has 1 amide bonds. The number of rotatable bonds is 6. The summed E-state index contributed by atoms with van der Waals surface area (Å²) in [6.07, 6.45) is 7.55. The molecule has 1 fully saturated rings. The first-order valence-corrected chi connectivity index (χ1v) is 10.0. The van der Waals surface area contributed by atoms with Crippen LogP contribution in [0.25, 0.3) is 0 Å². The first kappa shape index (κ1) is 21.4. The minimum absolute atomic E-state index is 0.0414. The number of nitrogens with one attached hydrogen (secondary N) is 2. The number of ether oxygens (including phenoxy) is 1. The number of aliphatic hydroxyl groups excluding tert-OH is 1. The van der Waals surface area contributed by atoms with Crippen molar-refractivity contribution in [2.75, 3.05) is 19.7 Å². The summed E-state index contributed by atoms with van der Waals surface area (Å²) in [5.74, 6) is -0.513. The molecule has 8 heteroatoms. The number of nitrogens with zero attached hydrogens (tertiary/aromatic N) is 1. The highest BCUT2D eigenvalue weighted by atomic mass is 32.1. The summed E-state index contributed by atoms with van der Waals surface area (Å²) in [5, 5.41) is 28.4. The van der Waals surface area contributed by atoms with Gasteiger partial charge in [-0.2, -0.15) is 0 Å². The van der Waals surface area contributed by atoms with E-state index < -0.39 is 23.5 Å². The fraction of sp³-hybridized carbons (Fsp3) is 0.429. The Bertz CT molecular complexity index is 785. The Morgan fingerprint density at radius 2 is 2.10 bits per heavy atom. The molecule has 1 aromatic rings. The van der Waals surface area contributed by atoms with E-state index in [0.29, 0.717) is 22.3 Å². The molecular weight excluding hydrogens is 390 g/mol. The van der Waals surface area contributed by atoms with Crippen molar-refractivity contribution in [3.63, 3.8) is 0 Å². The summed E-state index contributed by atoms with van der Waals surface area (Å²) in [4.78, 5) is 12.4.